The molecule has 0 aromatic carbocycles. The van der Waals surface area contributed by atoms with Gasteiger partial charge in [0.1, 0.15) is 6.61 Å². The summed E-state index contributed by atoms with van der Waals surface area (Å²) in [5, 5.41) is 0.679. The zero-order valence-corrected chi connectivity index (χ0v) is 9.54. The summed E-state index contributed by atoms with van der Waals surface area (Å²) in [5.74, 6) is 0.876. The standard InChI is InChI=1S/C9H14O2S2/c1-6(2)9(10)11-4-8-12-5-7(3)13-8/h7-8H,1,4-5H2,2-3H3. The summed E-state index contributed by atoms with van der Waals surface area (Å²) in [6.45, 7) is 7.89. The third-order valence-electron chi connectivity index (χ3n) is 1.60. The van der Waals surface area contributed by atoms with E-state index in [-0.39, 0.29) is 5.97 Å². The zero-order chi connectivity index (χ0) is 9.84. The number of carbonyl (C=O) groups is 1. The van der Waals surface area contributed by atoms with Gasteiger partial charge in [0.25, 0.3) is 0 Å². The molecule has 0 saturated carbocycles. The van der Waals surface area contributed by atoms with Crippen molar-refractivity contribution in [2.75, 3.05) is 12.4 Å². The molecule has 0 bridgehead atoms. The van der Waals surface area contributed by atoms with Gasteiger partial charge in [-0.15, -0.1) is 23.5 Å². The first-order valence-corrected chi connectivity index (χ1v) is 6.18. The van der Waals surface area contributed by atoms with Gasteiger partial charge in [0.15, 0.2) is 0 Å². The molecule has 0 N–H and O–H groups in total. The van der Waals surface area contributed by atoms with E-state index in [0.717, 1.165) is 5.75 Å². The van der Waals surface area contributed by atoms with E-state index in [0.29, 0.717) is 22.0 Å². The fourth-order valence-corrected chi connectivity index (χ4v) is 3.92. The van der Waals surface area contributed by atoms with Crippen LogP contribution in [0.15, 0.2) is 12.2 Å². The minimum Gasteiger partial charge on any atom is -0.460 e. The van der Waals surface area contributed by atoms with Gasteiger partial charge in [-0.05, 0) is 6.92 Å². The highest BCUT2D eigenvalue weighted by Gasteiger charge is 2.23. The van der Waals surface area contributed by atoms with Crippen LogP contribution in [-0.4, -0.2) is 28.2 Å². The maximum absolute atomic E-state index is 11.0. The first-order valence-electron chi connectivity index (χ1n) is 4.19. The van der Waals surface area contributed by atoms with E-state index in [1.807, 2.05) is 23.5 Å². The predicted octanol–water partition coefficient (Wildman–Crippen LogP) is 2.30. The summed E-state index contributed by atoms with van der Waals surface area (Å²) < 4.78 is 5.47. The fourth-order valence-electron chi connectivity index (χ4n) is 0.935. The minimum atomic E-state index is -0.277. The highest BCUT2D eigenvalue weighted by atomic mass is 32.2. The molecule has 2 unspecified atom stereocenters. The molecular formula is C9H14O2S2. The van der Waals surface area contributed by atoms with Gasteiger partial charge in [0.2, 0.25) is 0 Å². The summed E-state index contributed by atoms with van der Waals surface area (Å²) in [4.78, 5) is 11.0. The second kappa shape index (κ2) is 4.96. The molecule has 0 amide bonds. The number of carbonyl (C=O) groups excluding carboxylic acids is 1. The molecule has 1 heterocycles. The Bertz CT molecular complexity index is 216. The van der Waals surface area contributed by atoms with Crippen LogP contribution in [-0.2, 0) is 9.53 Å². The molecule has 13 heavy (non-hydrogen) atoms. The summed E-state index contributed by atoms with van der Waals surface area (Å²) in [7, 11) is 0. The lowest BCUT2D eigenvalue weighted by Gasteiger charge is -2.09. The lowest BCUT2D eigenvalue weighted by Crippen LogP contribution is -2.12. The van der Waals surface area contributed by atoms with Crippen LogP contribution >= 0.6 is 23.5 Å². The van der Waals surface area contributed by atoms with Crippen molar-refractivity contribution in [3.8, 4) is 0 Å². The topological polar surface area (TPSA) is 26.3 Å². The van der Waals surface area contributed by atoms with E-state index in [1.54, 1.807) is 6.92 Å². The smallest absolute Gasteiger partial charge is 0.333 e. The molecule has 0 spiro atoms. The number of hydrogen-bond acceptors (Lipinski definition) is 4. The van der Waals surface area contributed by atoms with Crippen LogP contribution in [0.2, 0.25) is 0 Å². The molecule has 1 rings (SSSR count). The molecule has 1 aliphatic rings. The van der Waals surface area contributed by atoms with Crippen LogP contribution in [0.5, 0.6) is 0 Å². The van der Waals surface area contributed by atoms with Crippen molar-refractivity contribution in [3.63, 3.8) is 0 Å². The minimum absolute atomic E-state index is 0.277. The Morgan fingerprint density at radius 3 is 2.85 bits per heavy atom. The van der Waals surface area contributed by atoms with E-state index in [9.17, 15) is 4.79 Å². The van der Waals surface area contributed by atoms with E-state index in [2.05, 4.69) is 13.5 Å². The van der Waals surface area contributed by atoms with Gasteiger partial charge in [0, 0.05) is 16.6 Å². The number of rotatable bonds is 3. The van der Waals surface area contributed by atoms with Crippen LogP contribution in [0, 0.1) is 0 Å². The quantitative estimate of drug-likeness (QED) is 0.536. The fraction of sp³-hybridized carbons (Fsp3) is 0.667. The van der Waals surface area contributed by atoms with Gasteiger partial charge in [-0.2, -0.15) is 0 Å². The lowest BCUT2D eigenvalue weighted by atomic mass is 10.4. The average molecular weight is 218 g/mol. The molecule has 74 valence electrons. The van der Waals surface area contributed by atoms with Crippen molar-refractivity contribution in [3.05, 3.63) is 12.2 Å². The van der Waals surface area contributed by atoms with Crippen molar-refractivity contribution < 1.29 is 9.53 Å². The Morgan fingerprint density at radius 2 is 2.38 bits per heavy atom. The first-order chi connectivity index (χ1) is 6.09. The monoisotopic (exact) mass is 218 g/mol. The molecule has 0 radical (unpaired) electrons. The summed E-state index contributed by atoms with van der Waals surface area (Å²) in [6.07, 6.45) is 0. The number of ether oxygens (including phenoxy) is 1. The van der Waals surface area contributed by atoms with Crippen molar-refractivity contribution in [2.24, 2.45) is 0 Å². The predicted molar refractivity (Wildman–Crippen MR) is 59.1 cm³/mol. The summed E-state index contributed by atoms with van der Waals surface area (Å²) >= 11 is 3.74. The third-order valence-corrected chi connectivity index (χ3v) is 4.82. The highest BCUT2D eigenvalue weighted by Crippen LogP contribution is 2.37. The highest BCUT2D eigenvalue weighted by molar-refractivity contribution is 8.20. The summed E-state index contributed by atoms with van der Waals surface area (Å²) in [5.41, 5.74) is 0.473. The van der Waals surface area contributed by atoms with Crippen molar-refractivity contribution in [1.82, 2.24) is 0 Å². The Morgan fingerprint density at radius 1 is 1.69 bits per heavy atom. The first kappa shape index (κ1) is 11.0. The molecule has 0 aromatic rings. The van der Waals surface area contributed by atoms with Crippen LogP contribution in [0.3, 0.4) is 0 Å². The van der Waals surface area contributed by atoms with Crippen LogP contribution < -0.4 is 0 Å². The molecule has 1 aliphatic heterocycles. The molecule has 2 atom stereocenters. The Balaban J connectivity index is 2.20. The number of thioether (sulfide) groups is 2. The van der Waals surface area contributed by atoms with Gasteiger partial charge in [0.05, 0.1) is 4.58 Å². The van der Waals surface area contributed by atoms with E-state index in [4.69, 9.17) is 4.74 Å². The van der Waals surface area contributed by atoms with E-state index >= 15 is 0 Å². The molecule has 0 aromatic heterocycles. The SMILES string of the molecule is C=C(C)C(=O)OCC1SCC(C)S1. The largest absolute Gasteiger partial charge is 0.460 e. The van der Waals surface area contributed by atoms with Crippen molar-refractivity contribution >= 4 is 29.5 Å². The zero-order valence-electron chi connectivity index (χ0n) is 7.91. The number of hydrogen-bond donors (Lipinski definition) is 0. The van der Waals surface area contributed by atoms with Gasteiger partial charge >= 0.3 is 5.97 Å². The van der Waals surface area contributed by atoms with Gasteiger partial charge < -0.3 is 4.74 Å². The average Bonchev–Trinajstić information content (AvgIpc) is 2.47. The third kappa shape index (κ3) is 3.65. The maximum Gasteiger partial charge on any atom is 0.333 e. The maximum atomic E-state index is 11.0. The molecule has 1 fully saturated rings. The van der Waals surface area contributed by atoms with Crippen molar-refractivity contribution in [2.45, 2.75) is 23.7 Å². The molecule has 0 aliphatic carbocycles. The normalized spacial score (nSPS) is 27.2. The molecular weight excluding hydrogens is 204 g/mol. The summed E-state index contributed by atoms with van der Waals surface area (Å²) in [6, 6.07) is 0. The lowest BCUT2D eigenvalue weighted by molar-refractivity contribution is -0.138. The molecule has 2 nitrogen and oxygen atoms in total. The van der Waals surface area contributed by atoms with Crippen molar-refractivity contribution in [1.29, 1.82) is 0 Å². The van der Waals surface area contributed by atoms with Gasteiger partial charge in [-0.3, -0.25) is 0 Å². The Labute approximate surface area is 87.5 Å². The van der Waals surface area contributed by atoms with E-state index in [1.165, 1.54) is 0 Å². The number of esters is 1. The van der Waals surface area contributed by atoms with E-state index < -0.39 is 0 Å². The van der Waals surface area contributed by atoms with Crippen LogP contribution in [0.4, 0.5) is 0 Å². The van der Waals surface area contributed by atoms with Gasteiger partial charge in [-0.1, -0.05) is 13.5 Å². The molecule has 4 heteroatoms. The second-order valence-corrected chi connectivity index (χ2v) is 6.27. The Hall–Kier alpha value is -0.0900. The van der Waals surface area contributed by atoms with Crippen LogP contribution in [0.25, 0.3) is 0 Å². The van der Waals surface area contributed by atoms with Gasteiger partial charge in [-0.25, -0.2) is 4.79 Å². The Kier molecular flexibility index (Phi) is 4.19. The molecule has 1 saturated heterocycles. The second-order valence-electron chi connectivity index (χ2n) is 3.09. The van der Waals surface area contributed by atoms with Crippen LogP contribution in [0.1, 0.15) is 13.8 Å².